The zero-order valence-electron chi connectivity index (χ0n) is 16.9. The molecule has 0 radical (unpaired) electrons. The quantitative estimate of drug-likeness (QED) is 0.263. The molecule has 0 spiro atoms. The highest BCUT2D eigenvalue weighted by molar-refractivity contribution is 5.87. The molecule has 2 N–H and O–H groups in total. The van der Waals surface area contributed by atoms with Crippen LogP contribution in [-0.2, 0) is 19.1 Å². The summed E-state index contributed by atoms with van der Waals surface area (Å²) in [5, 5.41) is 6.67. The van der Waals surface area contributed by atoms with Crippen LogP contribution in [0.1, 0.15) is 53.4 Å². The van der Waals surface area contributed by atoms with Crippen molar-refractivity contribution in [1.82, 2.24) is 10.6 Å². The highest BCUT2D eigenvalue weighted by atomic mass is 16.5. The zero-order chi connectivity index (χ0) is 20.0. The number of esters is 2. The van der Waals surface area contributed by atoms with Crippen molar-refractivity contribution in [3.63, 3.8) is 0 Å². The van der Waals surface area contributed by atoms with E-state index in [0.717, 1.165) is 32.2 Å². The van der Waals surface area contributed by atoms with E-state index in [-0.39, 0.29) is 17.5 Å². The van der Waals surface area contributed by atoms with Crippen molar-refractivity contribution in [2.75, 3.05) is 32.8 Å². The monoisotopic (exact) mass is 368 g/mol. The second kappa shape index (κ2) is 13.5. The molecule has 0 aromatic carbocycles. The summed E-state index contributed by atoms with van der Waals surface area (Å²) >= 11 is 0. The minimum Gasteiger partial charge on any atom is -0.461 e. The Hall–Kier alpha value is -1.66. The third kappa shape index (κ3) is 13.6. The Bertz CT molecular complexity index is 472. The number of carbonyl (C=O) groups excluding carboxylic acids is 2. The standard InChI is InChI=1S/C20H36N2O4/c1-16(2)18(23)25-14-12-21-11-9-7-8-10-20(5,6)22-13-15-26-19(24)17(3)4/h21-22H,1,3,7-15H2,2,4-6H3. The van der Waals surface area contributed by atoms with Crippen LogP contribution in [0, 0.1) is 0 Å². The number of rotatable bonds is 15. The predicted octanol–water partition coefficient (Wildman–Crippen LogP) is 2.74. The first-order valence-corrected chi connectivity index (χ1v) is 9.27. The van der Waals surface area contributed by atoms with Crippen molar-refractivity contribution in [1.29, 1.82) is 0 Å². The lowest BCUT2D eigenvalue weighted by Gasteiger charge is -2.26. The van der Waals surface area contributed by atoms with E-state index >= 15 is 0 Å². The largest absolute Gasteiger partial charge is 0.461 e. The number of hydrogen-bond acceptors (Lipinski definition) is 6. The third-order valence-corrected chi connectivity index (χ3v) is 3.80. The summed E-state index contributed by atoms with van der Waals surface area (Å²) < 4.78 is 10.1. The lowest BCUT2D eigenvalue weighted by atomic mass is 9.96. The Morgan fingerprint density at radius 2 is 1.38 bits per heavy atom. The first kappa shape index (κ1) is 24.3. The van der Waals surface area contributed by atoms with E-state index in [0.29, 0.717) is 37.4 Å². The second-order valence-corrected chi connectivity index (χ2v) is 7.20. The van der Waals surface area contributed by atoms with E-state index in [2.05, 4.69) is 37.6 Å². The maximum absolute atomic E-state index is 11.3. The van der Waals surface area contributed by atoms with Crippen LogP contribution >= 0.6 is 0 Å². The van der Waals surface area contributed by atoms with E-state index in [4.69, 9.17) is 9.47 Å². The Labute approximate surface area is 158 Å². The van der Waals surface area contributed by atoms with Gasteiger partial charge < -0.3 is 20.1 Å². The summed E-state index contributed by atoms with van der Waals surface area (Å²) in [6.45, 7) is 17.6. The van der Waals surface area contributed by atoms with Crippen LogP contribution in [0.15, 0.2) is 24.3 Å². The molecule has 0 saturated carbocycles. The maximum atomic E-state index is 11.3. The Balaban J connectivity index is 3.55. The fourth-order valence-corrected chi connectivity index (χ4v) is 2.20. The van der Waals surface area contributed by atoms with Gasteiger partial charge in [0.05, 0.1) is 0 Å². The van der Waals surface area contributed by atoms with Gasteiger partial charge in [0.1, 0.15) is 13.2 Å². The van der Waals surface area contributed by atoms with E-state index in [1.165, 1.54) is 0 Å². The first-order chi connectivity index (χ1) is 12.2. The number of carbonyl (C=O) groups is 2. The second-order valence-electron chi connectivity index (χ2n) is 7.20. The van der Waals surface area contributed by atoms with Crippen LogP contribution in [0.25, 0.3) is 0 Å². The normalized spacial score (nSPS) is 11.1. The highest BCUT2D eigenvalue weighted by Crippen LogP contribution is 2.13. The molecule has 150 valence electrons. The average molecular weight is 369 g/mol. The molecule has 0 saturated heterocycles. The van der Waals surface area contributed by atoms with Crippen LogP contribution in [0.3, 0.4) is 0 Å². The van der Waals surface area contributed by atoms with Crippen LogP contribution in [0.5, 0.6) is 0 Å². The van der Waals surface area contributed by atoms with Gasteiger partial charge in [-0.15, -0.1) is 0 Å². The maximum Gasteiger partial charge on any atom is 0.333 e. The molecule has 26 heavy (non-hydrogen) atoms. The highest BCUT2D eigenvalue weighted by Gasteiger charge is 2.16. The number of hydrogen-bond donors (Lipinski definition) is 2. The van der Waals surface area contributed by atoms with Crippen molar-refractivity contribution in [3.8, 4) is 0 Å². The van der Waals surface area contributed by atoms with E-state index < -0.39 is 0 Å². The molecule has 0 aliphatic carbocycles. The molecular formula is C20H36N2O4. The molecule has 0 aromatic rings. The number of unbranched alkanes of at least 4 members (excludes halogenated alkanes) is 2. The van der Waals surface area contributed by atoms with Gasteiger partial charge in [-0.2, -0.15) is 0 Å². The third-order valence-electron chi connectivity index (χ3n) is 3.80. The Kier molecular flexibility index (Phi) is 12.7. The SMILES string of the molecule is C=C(C)C(=O)OCCNCCCCCC(C)(C)NCCOC(=O)C(=C)C. The van der Waals surface area contributed by atoms with Crippen LogP contribution in [0.4, 0.5) is 0 Å². The summed E-state index contributed by atoms with van der Waals surface area (Å²) in [5.74, 6) is -0.678. The Morgan fingerprint density at radius 3 is 1.92 bits per heavy atom. The molecule has 0 atom stereocenters. The van der Waals surface area contributed by atoms with Gasteiger partial charge in [-0.25, -0.2) is 9.59 Å². The van der Waals surface area contributed by atoms with Gasteiger partial charge in [0.2, 0.25) is 0 Å². The van der Waals surface area contributed by atoms with Gasteiger partial charge in [-0.05, 0) is 47.1 Å². The molecule has 6 heteroatoms. The molecule has 0 amide bonds. The molecule has 0 rings (SSSR count). The molecule has 6 nitrogen and oxygen atoms in total. The van der Waals surface area contributed by atoms with Gasteiger partial charge in [-0.1, -0.05) is 26.0 Å². The fourth-order valence-electron chi connectivity index (χ4n) is 2.20. The molecule has 0 fully saturated rings. The number of nitrogens with one attached hydrogen (secondary N) is 2. The first-order valence-electron chi connectivity index (χ1n) is 9.27. The molecular weight excluding hydrogens is 332 g/mol. The van der Waals surface area contributed by atoms with Crippen LogP contribution in [-0.4, -0.2) is 50.3 Å². The van der Waals surface area contributed by atoms with E-state index in [1.807, 2.05) is 0 Å². The van der Waals surface area contributed by atoms with Gasteiger partial charge in [0.25, 0.3) is 0 Å². The van der Waals surface area contributed by atoms with Crippen molar-refractivity contribution < 1.29 is 19.1 Å². The minimum absolute atomic E-state index is 0.0137. The van der Waals surface area contributed by atoms with Crippen molar-refractivity contribution >= 4 is 11.9 Å². The van der Waals surface area contributed by atoms with Crippen molar-refractivity contribution in [3.05, 3.63) is 24.3 Å². The summed E-state index contributed by atoms with van der Waals surface area (Å²) in [7, 11) is 0. The van der Waals surface area contributed by atoms with Gasteiger partial charge in [-0.3, -0.25) is 0 Å². The van der Waals surface area contributed by atoms with E-state index in [9.17, 15) is 9.59 Å². The lowest BCUT2D eigenvalue weighted by Crippen LogP contribution is -2.41. The van der Waals surface area contributed by atoms with Crippen LogP contribution in [0.2, 0.25) is 0 Å². The smallest absolute Gasteiger partial charge is 0.333 e. The van der Waals surface area contributed by atoms with Crippen molar-refractivity contribution in [2.45, 2.75) is 58.9 Å². The average Bonchev–Trinajstić information content (AvgIpc) is 2.56. The molecule has 0 aromatic heterocycles. The lowest BCUT2D eigenvalue weighted by molar-refractivity contribution is -0.139. The van der Waals surface area contributed by atoms with E-state index in [1.54, 1.807) is 13.8 Å². The molecule has 0 aliphatic heterocycles. The summed E-state index contributed by atoms with van der Waals surface area (Å²) in [6.07, 6.45) is 4.39. The minimum atomic E-state index is -0.341. The van der Waals surface area contributed by atoms with Gasteiger partial charge in [0, 0.05) is 29.8 Å². The summed E-state index contributed by atoms with van der Waals surface area (Å²) in [5.41, 5.74) is 0.863. The predicted molar refractivity (Wildman–Crippen MR) is 105 cm³/mol. The number of ether oxygens (including phenoxy) is 2. The van der Waals surface area contributed by atoms with Gasteiger partial charge >= 0.3 is 11.9 Å². The molecule has 0 unspecified atom stereocenters. The fraction of sp³-hybridized carbons (Fsp3) is 0.700. The summed E-state index contributed by atoms with van der Waals surface area (Å²) in [6, 6.07) is 0. The van der Waals surface area contributed by atoms with Crippen LogP contribution < -0.4 is 10.6 Å². The Morgan fingerprint density at radius 1 is 0.846 bits per heavy atom. The molecule has 0 heterocycles. The topological polar surface area (TPSA) is 76.7 Å². The molecule has 0 aliphatic rings. The molecule has 0 bridgehead atoms. The summed E-state index contributed by atoms with van der Waals surface area (Å²) in [4.78, 5) is 22.5. The zero-order valence-corrected chi connectivity index (χ0v) is 16.9. The van der Waals surface area contributed by atoms with Crippen molar-refractivity contribution in [2.24, 2.45) is 0 Å². The van der Waals surface area contributed by atoms with Gasteiger partial charge in [0.15, 0.2) is 0 Å².